The van der Waals surface area contributed by atoms with Crippen LogP contribution in [0.25, 0.3) is 0 Å². The topological polar surface area (TPSA) is 75.0 Å². The minimum Gasteiger partial charge on any atom is -0.497 e. The zero-order chi connectivity index (χ0) is 25.5. The van der Waals surface area contributed by atoms with Gasteiger partial charge in [-0.3, -0.25) is 14.5 Å². The first-order valence-corrected chi connectivity index (χ1v) is 12.5. The fraction of sp³-hybridized carbons (Fsp3) is 0.379. The Bertz CT molecular complexity index is 1140. The molecular formula is C29H35N3O4. The van der Waals surface area contributed by atoms with Crippen LogP contribution in [-0.2, 0) is 17.8 Å². The van der Waals surface area contributed by atoms with Gasteiger partial charge in [-0.25, -0.2) is 0 Å². The molecule has 3 aromatic rings. The smallest absolute Gasteiger partial charge is 0.289 e. The Balaban J connectivity index is 1.42. The van der Waals surface area contributed by atoms with Gasteiger partial charge in [0.1, 0.15) is 5.75 Å². The van der Waals surface area contributed by atoms with Crippen molar-refractivity contribution in [2.24, 2.45) is 5.92 Å². The summed E-state index contributed by atoms with van der Waals surface area (Å²) in [7, 11) is 3.56. The van der Waals surface area contributed by atoms with Crippen molar-refractivity contribution in [3.8, 4) is 5.75 Å². The van der Waals surface area contributed by atoms with Crippen LogP contribution in [-0.4, -0.2) is 54.9 Å². The minimum absolute atomic E-state index is 0.0498. The van der Waals surface area contributed by atoms with Crippen molar-refractivity contribution in [2.75, 3.05) is 32.6 Å². The molecule has 1 aliphatic heterocycles. The normalized spacial score (nSPS) is 15.3. The summed E-state index contributed by atoms with van der Waals surface area (Å²) in [4.78, 5) is 28.7. The molecule has 0 spiro atoms. The Morgan fingerprint density at radius 1 is 1.08 bits per heavy atom. The summed E-state index contributed by atoms with van der Waals surface area (Å²) in [5.41, 5.74) is 3.19. The second-order valence-electron chi connectivity index (χ2n) is 9.51. The SMILES string of the molecule is COc1cccc(CC(C2CCN(Cc3ccc(NC(C)=O)cc3)CC2)N(C)C(=O)c2ccco2)c1. The van der Waals surface area contributed by atoms with Gasteiger partial charge in [0.25, 0.3) is 5.91 Å². The molecule has 7 nitrogen and oxygen atoms in total. The van der Waals surface area contributed by atoms with Crippen molar-refractivity contribution < 1.29 is 18.7 Å². The molecular weight excluding hydrogens is 454 g/mol. The lowest BCUT2D eigenvalue weighted by atomic mass is 9.84. The number of benzene rings is 2. The standard InChI is InChI=1S/C29H35N3O4/c1-21(33)30-25-11-9-22(10-12-25)20-32-15-13-24(14-16-32)27(19-23-6-4-7-26(18-23)35-3)31(2)29(34)28-8-5-17-36-28/h4-12,17-18,24,27H,13-16,19-20H2,1-3H3,(H,30,33). The van der Waals surface area contributed by atoms with Gasteiger partial charge in [-0.2, -0.15) is 0 Å². The third kappa shape index (κ3) is 6.55. The molecule has 1 saturated heterocycles. The van der Waals surface area contributed by atoms with Crippen LogP contribution >= 0.6 is 0 Å². The summed E-state index contributed by atoms with van der Waals surface area (Å²) >= 11 is 0. The van der Waals surface area contributed by atoms with Crippen LogP contribution in [0.1, 0.15) is 41.4 Å². The van der Waals surface area contributed by atoms with Gasteiger partial charge in [0.05, 0.1) is 13.4 Å². The number of likely N-dealkylation sites (N-methyl/N-ethyl adjacent to an activating group) is 1. The molecule has 2 aromatic carbocycles. The molecule has 2 amide bonds. The van der Waals surface area contributed by atoms with Crippen molar-refractivity contribution in [3.05, 3.63) is 83.8 Å². The number of amides is 2. The monoisotopic (exact) mass is 489 g/mol. The van der Waals surface area contributed by atoms with Crippen LogP contribution in [0.4, 0.5) is 5.69 Å². The van der Waals surface area contributed by atoms with Crippen LogP contribution in [0.3, 0.4) is 0 Å². The van der Waals surface area contributed by atoms with Crippen LogP contribution in [0.15, 0.2) is 71.3 Å². The van der Waals surface area contributed by atoms with Gasteiger partial charge < -0.3 is 19.4 Å². The van der Waals surface area contributed by atoms with Crippen LogP contribution in [0.5, 0.6) is 5.75 Å². The molecule has 0 bridgehead atoms. The van der Waals surface area contributed by atoms with E-state index in [2.05, 4.69) is 34.5 Å². The van der Waals surface area contributed by atoms with Gasteiger partial charge in [0.2, 0.25) is 5.91 Å². The highest BCUT2D eigenvalue weighted by atomic mass is 16.5. The number of furan rings is 1. The van der Waals surface area contributed by atoms with E-state index in [1.807, 2.05) is 36.2 Å². The van der Waals surface area contributed by atoms with E-state index in [9.17, 15) is 9.59 Å². The zero-order valence-corrected chi connectivity index (χ0v) is 21.3. The van der Waals surface area contributed by atoms with Crippen LogP contribution in [0, 0.1) is 5.92 Å². The molecule has 190 valence electrons. The average Bonchev–Trinajstić information content (AvgIpc) is 3.43. The molecule has 1 unspecified atom stereocenters. The Morgan fingerprint density at radius 3 is 2.47 bits per heavy atom. The maximum Gasteiger partial charge on any atom is 0.289 e. The highest BCUT2D eigenvalue weighted by Gasteiger charge is 2.32. The number of ether oxygens (including phenoxy) is 1. The molecule has 2 heterocycles. The van der Waals surface area contributed by atoms with Gasteiger partial charge in [-0.15, -0.1) is 0 Å². The van der Waals surface area contributed by atoms with E-state index < -0.39 is 0 Å². The number of nitrogens with zero attached hydrogens (tertiary/aromatic N) is 2. The average molecular weight is 490 g/mol. The maximum atomic E-state index is 13.2. The summed E-state index contributed by atoms with van der Waals surface area (Å²) in [6.07, 6.45) is 4.32. The van der Waals surface area contributed by atoms with Crippen LogP contribution in [0.2, 0.25) is 0 Å². The quantitative estimate of drug-likeness (QED) is 0.465. The van der Waals surface area contributed by atoms with E-state index in [1.165, 1.54) is 12.5 Å². The Hall–Kier alpha value is -3.58. The molecule has 0 saturated carbocycles. The first-order valence-electron chi connectivity index (χ1n) is 12.5. The number of piperidine rings is 1. The molecule has 1 atom stereocenters. The highest BCUT2D eigenvalue weighted by Crippen LogP contribution is 2.29. The number of carbonyl (C=O) groups excluding carboxylic acids is 2. The van der Waals surface area contributed by atoms with Gasteiger partial charge >= 0.3 is 0 Å². The number of hydrogen-bond donors (Lipinski definition) is 1. The maximum absolute atomic E-state index is 13.2. The molecule has 1 aliphatic rings. The lowest BCUT2D eigenvalue weighted by molar-refractivity contribution is -0.114. The van der Waals surface area contributed by atoms with Crippen molar-refractivity contribution in [1.82, 2.24) is 9.80 Å². The van der Waals surface area contributed by atoms with Crippen LogP contribution < -0.4 is 10.1 Å². The summed E-state index contributed by atoms with van der Waals surface area (Å²) in [6, 6.07) is 19.6. The van der Waals surface area contributed by atoms with E-state index in [0.717, 1.165) is 55.9 Å². The number of anilines is 1. The largest absolute Gasteiger partial charge is 0.497 e. The van der Waals surface area contributed by atoms with Gasteiger partial charge in [-0.05, 0) is 85.8 Å². The van der Waals surface area contributed by atoms with Crippen molar-refractivity contribution >= 4 is 17.5 Å². The number of nitrogens with one attached hydrogen (secondary N) is 1. The molecule has 0 aliphatic carbocycles. The molecule has 1 N–H and O–H groups in total. The minimum atomic E-state index is -0.0883. The number of hydrogen-bond acceptors (Lipinski definition) is 5. The predicted molar refractivity (Wildman–Crippen MR) is 140 cm³/mol. The van der Waals surface area contributed by atoms with Crippen molar-refractivity contribution in [2.45, 2.75) is 38.8 Å². The van der Waals surface area contributed by atoms with E-state index >= 15 is 0 Å². The third-order valence-electron chi connectivity index (χ3n) is 6.99. The molecule has 1 fully saturated rings. The van der Waals surface area contributed by atoms with E-state index in [-0.39, 0.29) is 17.9 Å². The fourth-order valence-electron chi connectivity index (χ4n) is 5.04. The number of methoxy groups -OCH3 is 1. The first kappa shape index (κ1) is 25.5. The Kier molecular flexibility index (Phi) is 8.44. The van der Waals surface area contributed by atoms with Gasteiger partial charge in [0, 0.05) is 32.2 Å². The van der Waals surface area contributed by atoms with Crippen molar-refractivity contribution in [3.63, 3.8) is 0 Å². The second-order valence-corrected chi connectivity index (χ2v) is 9.51. The Labute approximate surface area is 213 Å². The molecule has 0 radical (unpaired) electrons. The predicted octanol–water partition coefficient (Wildman–Crippen LogP) is 4.84. The summed E-state index contributed by atoms with van der Waals surface area (Å²) in [6.45, 7) is 4.32. The molecule has 36 heavy (non-hydrogen) atoms. The molecule has 4 rings (SSSR count). The second kappa shape index (κ2) is 11.9. The van der Waals surface area contributed by atoms with Crippen molar-refractivity contribution in [1.29, 1.82) is 0 Å². The summed E-state index contributed by atoms with van der Waals surface area (Å²) in [5, 5.41) is 2.81. The van der Waals surface area contributed by atoms with E-state index in [1.54, 1.807) is 25.5 Å². The lowest BCUT2D eigenvalue weighted by Gasteiger charge is -2.40. The summed E-state index contributed by atoms with van der Waals surface area (Å²) < 4.78 is 10.8. The number of rotatable bonds is 9. The zero-order valence-electron chi connectivity index (χ0n) is 21.3. The number of likely N-dealkylation sites (tertiary alicyclic amines) is 1. The third-order valence-corrected chi connectivity index (χ3v) is 6.99. The van der Waals surface area contributed by atoms with E-state index in [4.69, 9.17) is 9.15 Å². The lowest BCUT2D eigenvalue weighted by Crippen LogP contribution is -2.47. The Morgan fingerprint density at radius 2 is 1.83 bits per heavy atom. The first-order chi connectivity index (χ1) is 17.4. The number of carbonyl (C=O) groups is 2. The fourth-order valence-corrected chi connectivity index (χ4v) is 5.04. The molecule has 7 heteroatoms. The molecule has 1 aromatic heterocycles. The van der Waals surface area contributed by atoms with E-state index in [0.29, 0.717) is 11.7 Å². The summed E-state index contributed by atoms with van der Waals surface area (Å²) in [5.74, 6) is 1.41. The van der Waals surface area contributed by atoms with Gasteiger partial charge in [-0.1, -0.05) is 24.3 Å². The van der Waals surface area contributed by atoms with Gasteiger partial charge in [0.15, 0.2) is 5.76 Å². The highest BCUT2D eigenvalue weighted by molar-refractivity contribution is 5.91.